The molecule has 0 nitrogen and oxygen atoms in total. The molecule has 3 heteroatoms. The second kappa shape index (κ2) is 3.81. The number of hydrogen-bond acceptors (Lipinski definition) is 1. The van der Waals surface area contributed by atoms with E-state index in [1.807, 2.05) is 18.2 Å². The first-order chi connectivity index (χ1) is 7.15. The first kappa shape index (κ1) is 10.4. The number of thioether (sulfide) groups is 1. The van der Waals surface area contributed by atoms with Crippen molar-refractivity contribution in [3.63, 3.8) is 0 Å². The van der Waals surface area contributed by atoms with Crippen molar-refractivity contribution in [2.24, 2.45) is 0 Å². The van der Waals surface area contributed by atoms with Crippen LogP contribution in [0.5, 0.6) is 0 Å². The standard InChI is InChI=1S/C12H10F2S/c1-15-12(13,14)11-8-4-6-9-5-2-3-7-10(9)11/h2-8H,1H3. The third-order valence-electron chi connectivity index (χ3n) is 2.36. The van der Waals surface area contributed by atoms with Crippen LogP contribution in [0.1, 0.15) is 5.56 Å². The minimum Gasteiger partial charge on any atom is -0.189 e. The largest absolute Gasteiger partial charge is 0.319 e. The zero-order valence-electron chi connectivity index (χ0n) is 8.21. The van der Waals surface area contributed by atoms with Gasteiger partial charge in [-0.2, -0.15) is 8.78 Å². The lowest BCUT2D eigenvalue weighted by molar-refractivity contribution is 0.107. The van der Waals surface area contributed by atoms with Crippen molar-refractivity contribution < 1.29 is 8.78 Å². The van der Waals surface area contributed by atoms with Crippen molar-refractivity contribution in [2.45, 2.75) is 5.25 Å². The zero-order valence-corrected chi connectivity index (χ0v) is 9.02. The molecule has 0 unspecified atom stereocenters. The number of rotatable bonds is 2. The quantitative estimate of drug-likeness (QED) is 0.734. The number of fused-ring (bicyclic) bond motifs is 1. The fraction of sp³-hybridized carbons (Fsp3) is 0.167. The number of benzene rings is 2. The van der Waals surface area contributed by atoms with Crippen LogP contribution in [0.4, 0.5) is 8.78 Å². The summed E-state index contributed by atoms with van der Waals surface area (Å²) in [7, 11) is 0. The van der Waals surface area contributed by atoms with Crippen molar-refractivity contribution in [1.29, 1.82) is 0 Å². The molecule has 2 aromatic carbocycles. The third-order valence-corrected chi connectivity index (χ3v) is 3.09. The molecule has 0 radical (unpaired) electrons. The molecule has 0 fully saturated rings. The van der Waals surface area contributed by atoms with Gasteiger partial charge in [0.25, 0.3) is 0 Å². The molecule has 2 aromatic rings. The summed E-state index contributed by atoms with van der Waals surface area (Å²) in [6.07, 6.45) is 1.42. The van der Waals surface area contributed by atoms with E-state index in [1.54, 1.807) is 18.2 Å². The van der Waals surface area contributed by atoms with E-state index in [9.17, 15) is 8.78 Å². The Morgan fingerprint density at radius 2 is 1.67 bits per heavy atom. The van der Waals surface area contributed by atoms with Gasteiger partial charge in [-0.25, -0.2) is 0 Å². The molecule has 0 aliphatic rings. The zero-order chi connectivity index (χ0) is 10.9. The summed E-state index contributed by atoms with van der Waals surface area (Å²) < 4.78 is 27.2. The molecule has 78 valence electrons. The maximum Gasteiger partial charge on any atom is 0.319 e. The van der Waals surface area contributed by atoms with E-state index in [2.05, 4.69) is 0 Å². The van der Waals surface area contributed by atoms with Gasteiger partial charge in [0.15, 0.2) is 0 Å². The molecule has 0 heterocycles. The first-order valence-corrected chi connectivity index (χ1v) is 5.79. The Morgan fingerprint density at radius 1 is 1.00 bits per heavy atom. The highest BCUT2D eigenvalue weighted by Gasteiger charge is 2.31. The Labute approximate surface area is 91.3 Å². The Morgan fingerprint density at radius 3 is 2.40 bits per heavy atom. The SMILES string of the molecule is CSC(F)(F)c1cccc2ccccc12. The van der Waals surface area contributed by atoms with Gasteiger partial charge in [-0.1, -0.05) is 54.2 Å². The first-order valence-electron chi connectivity index (χ1n) is 4.56. The summed E-state index contributed by atoms with van der Waals surface area (Å²) in [6.45, 7) is 0. The minimum atomic E-state index is -2.82. The molecule has 0 aliphatic carbocycles. The molecule has 0 saturated heterocycles. The summed E-state index contributed by atoms with van der Waals surface area (Å²) in [5.41, 5.74) is 0.0908. The van der Waals surface area contributed by atoms with Crippen molar-refractivity contribution in [3.8, 4) is 0 Å². The van der Waals surface area contributed by atoms with E-state index in [0.29, 0.717) is 17.1 Å². The molecule has 0 aliphatic heterocycles. The lowest BCUT2D eigenvalue weighted by Gasteiger charge is -2.15. The van der Waals surface area contributed by atoms with Crippen molar-refractivity contribution >= 4 is 22.5 Å². The number of hydrogen-bond donors (Lipinski definition) is 0. The predicted molar refractivity (Wildman–Crippen MR) is 61.4 cm³/mol. The lowest BCUT2D eigenvalue weighted by atomic mass is 10.1. The normalized spacial score (nSPS) is 11.9. The van der Waals surface area contributed by atoms with E-state index in [0.717, 1.165) is 5.39 Å². The van der Waals surface area contributed by atoms with Gasteiger partial charge in [0, 0.05) is 5.56 Å². The highest BCUT2D eigenvalue weighted by atomic mass is 32.2. The topological polar surface area (TPSA) is 0 Å². The highest BCUT2D eigenvalue weighted by Crippen LogP contribution is 2.41. The maximum absolute atomic E-state index is 13.6. The molecular formula is C12H10F2S. The number of halogens is 2. The van der Waals surface area contributed by atoms with Gasteiger partial charge in [0.1, 0.15) is 0 Å². The summed E-state index contributed by atoms with van der Waals surface area (Å²) in [5.74, 6) is 0. The molecule has 0 bridgehead atoms. The smallest absolute Gasteiger partial charge is 0.189 e. The van der Waals surface area contributed by atoms with E-state index in [1.165, 1.54) is 12.3 Å². The van der Waals surface area contributed by atoms with Gasteiger partial charge in [-0.05, 0) is 17.0 Å². The maximum atomic E-state index is 13.6. The molecule has 2 rings (SSSR count). The Bertz CT molecular complexity index is 475. The van der Waals surface area contributed by atoms with Gasteiger partial charge >= 0.3 is 5.25 Å². The second-order valence-corrected chi connectivity index (χ2v) is 4.17. The molecule has 0 amide bonds. The predicted octanol–water partition coefficient (Wildman–Crippen LogP) is 4.25. The molecule has 15 heavy (non-hydrogen) atoms. The molecular weight excluding hydrogens is 214 g/mol. The van der Waals surface area contributed by atoms with Gasteiger partial charge in [0.05, 0.1) is 0 Å². The van der Waals surface area contributed by atoms with E-state index < -0.39 is 5.25 Å². The van der Waals surface area contributed by atoms with Crippen LogP contribution in [0.2, 0.25) is 0 Å². The fourth-order valence-electron chi connectivity index (χ4n) is 1.59. The average Bonchev–Trinajstić information content (AvgIpc) is 2.28. The monoisotopic (exact) mass is 224 g/mol. The lowest BCUT2D eigenvalue weighted by Crippen LogP contribution is -2.07. The van der Waals surface area contributed by atoms with Crippen LogP contribution >= 0.6 is 11.8 Å². The van der Waals surface area contributed by atoms with Crippen molar-refractivity contribution in [2.75, 3.05) is 6.26 Å². The molecule has 0 atom stereocenters. The molecule has 0 aromatic heterocycles. The van der Waals surface area contributed by atoms with Crippen LogP contribution < -0.4 is 0 Å². The molecule has 0 saturated carbocycles. The van der Waals surface area contributed by atoms with Crippen molar-refractivity contribution in [1.82, 2.24) is 0 Å². The third kappa shape index (κ3) is 1.84. The highest BCUT2D eigenvalue weighted by molar-refractivity contribution is 7.99. The van der Waals surface area contributed by atoms with Gasteiger partial charge in [-0.3, -0.25) is 0 Å². The van der Waals surface area contributed by atoms with Gasteiger partial charge < -0.3 is 0 Å². The average molecular weight is 224 g/mol. The fourth-order valence-corrected chi connectivity index (χ4v) is 1.99. The minimum absolute atomic E-state index is 0.0908. The second-order valence-electron chi connectivity index (χ2n) is 3.25. The number of alkyl halides is 2. The van der Waals surface area contributed by atoms with Crippen LogP contribution in [-0.4, -0.2) is 6.26 Å². The Kier molecular flexibility index (Phi) is 2.65. The van der Waals surface area contributed by atoms with Gasteiger partial charge in [-0.15, -0.1) is 0 Å². The van der Waals surface area contributed by atoms with Crippen LogP contribution in [0.3, 0.4) is 0 Å². The summed E-state index contributed by atoms with van der Waals surface area (Å²) in [6, 6.07) is 12.2. The van der Waals surface area contributed by atoms with E-state index >= 15 is 0 Å². The summed E-state index contributed by atoms with van der Waals surface area (Å²) >= 11 is 0.562. The Hall–Kier alpha value is -1.09. The van der Waals surface area contributed by atoms with Crippen LogP contribution in [0.15, 0.2) is 42.5 Å². The molecule has 0 spiro atoms. The van der Waals surface area contributed by atoms with Crippen LogP contribution in [-0.2, 0) is 5.25 Å². The van der Waals surface area contributed by atoms with Crippen LogP contribution in [0, 0.1) is 0 Å². The molecule has 0 N–H and O–H groups in total. The summed E-state index contributed by atoms with van der Waals surface area (Å²) in [5, 5.41) is -1.34. The van der Waals surface area contributed by atoms with E-state index in [-0.39, 0.29) is 5.56 Å². The summed E-state index contributed by atoms with van der Waals surface area (Å²) in [4.78, 5) is 0. The van der Waals surface area contributed by atoms with Crippen molar-refractivity contribution in [3.05, 3.63) is 48.0 Å². The van der Waals surface area contributed by atoms with Crippen LogP contribution in [0.25, 0.3) is 10.8 Å². The van der Waals surface area contributed by atoms with Gasteiger partial charge in [0.2, 0.25) is 0 Å². The van der Waals surface area contributed by atoms with E-state index in [4.69, 9.17) is 0 Å². The Balaban J connectivity index is 2.71.